The summed E-state index contributed by atoms with van der Waals surface area (Å²) < 4.78 is 26.1. The van der Waals surface area contributed by atoms with Crippen LogP contribution >= 0.6 is 11.8 Å². The molecule has 1 aromatic rings. The van der Waals surface area contributed by atoms with Crippen LogP contribution in [-0.2, 0) is 10.0 Å². The number of nitrogens with zero attached hydrogens (tertiary/aromatic N) is 3. The fourth-order valence-electron chi connectivity index (χ4n) is 1.45. The SMILES string of the molecule is CNc1ncc(S(=O)(=O)N(C)C(C)CCSC)cn1. The van der Waals surface area contributed by atoms with Crippen molar-refractivity contribution in [3.63, 3.8) is 0 Å². The first-order valence-electron chi connectivity index (χ1n) is 5.90. The van der Waals surface area contributed by atoms with E-state index < -0.39 is 10.0 Å². The lowest BCUT2D eigenvalue weighted by molar-refractivity contribution is 0.382. The third-order valence-electron chi connectivity index (χ3n) is 2.89. The smallest absolute Gasteiger partial charge is 0.246 e. The zero-order valence-corrected chi connectivity index (χ0v) is 13.3. The van der Waals surface area contributed by atoms with Crippen LogP contribution < -0.4 is 5.32 Å². The Morgan fingerprint density at radius 2 is 2.00 bits per heavy atom. The van der Waals surface area contributed by atoms with E-state index in [1.54, 1.807) is 25.9 Å². The van der Waals surface area contributed by atoms with Gasteiger partial charge in [0.1, 0.15) is 4.90 Å². The van der Waals surface area contributed by atoms with Crippen molar-refractivity contribution in [2.75, 3.05) is 31.4 Å². The average molecular weight is 304 g/mol. The summed E-state index contributed by atoms with van der Waals surface area (Å²) in [6.07, 6.45) is 5.47. The maximum absolute atomic E-state index is 12.4. The molecule has 0 saturated carbocycles. The third-order valence-corrected chi connectivity index (χ3v) is 5.46. The van der Waals surface area contributed by atoms with Crippen LogP contribution in [0.3, 0.4) is 0 Å². The number of anilines is 1. The fourth-order valence-corrected chi connectivity index (χ4v) is 3.31. The minimum absolute atomic E-state index is 0.0542. The molecule has 0 aliphatic carbocycles. The third kappa shape index (κ3) is 4.05. The zero-order valence-electron chi connectivity index (χ0n) is 11.6. The molecule has 1 heterocycles. The molecule has 0 bridgehead atoms. The van der Waals surface area contributed by atoms with Crippen LogP contribution in [0.1, 0.15) is 13.3 Å². The van der Waals surface area contributed by atoms with Crippen LogP contribution in [0.25, 0.3) is 0 Å². The van der Waals surface area contributed by atoms with Gasteiger partial charge in [0.05, 0.1) is 12.4 Å². The summed E-state index contributed by atoms with van der Waals surface area (Å²) in [5.41, 5.74) is 0. The monoisotopic (exact) mass is 304 g/mol. The Kier molecular flexibility index (Phi) is 6.02. The first kappa shape index (κ1) is 16.2. The van der Waals surface area contributed by atoms with E-state index >= 15 is 0 Å². The highest BCUT2D eigenvalue weighted by Crippen LogP contribution is 2.17. The van der Waals surface area contributed by atoms with Gasteiger partial charge in [-0.2, -0.15) is 16.1 Å². The molecule has 19 heavy (non-hydrogen) atoms. The highest BCUT2D eigenvalue weighted by Gasteiger charge is 2.25. The largest absolute Gasteiger partial charge is 0.357 e. The van der Waals surface area contributed by atoms with Crippen molar-refractivity contribution in [1.29, 1.82) is 0 Å². The molecule has 1 atom stereocenters. The van der Waals surface area contributed by atoms with E-state index in [2.05, 4.69) is 15.3 Å². The van der Waals surface area contributed by atoms with Crippen LogP contribution in [0.4, 0.5) is 5.95 Å². The van der Waals surface area contributed by atoms with Gasteiger partial charge in [-0.25, -0.2) is 18.4 Å². The molecule has 0 spiro atoms. The Balaban J connectivity index is 2.89. The first-order valence-corrected chi connectivity index (χ1v) is 8.73. The molecule has 0 aliphatic heterocycles. The summed E-state index contributed by atoms with van der Waals surface area (Å²) in [6.45, 7) is 1.90. The molecule has 8 heteroatoms. The summed E-state index contributed by atoms with van der Waals surface area (Å²) in [5.74, 6) is 1.33. The zero-order chi connectivity index (χ0) is 14.5. The lowest BCUT2D eigenvalue weighted by Gasteiger charge is -2.23. The van der Waals surface area contributed by atoms with Gasteiger partial charge in [-0.05, 0) is 25.4 Å². The molecule has 0 saturated heterocycles. The fraction of sp³-hybridized carbons (Fsp3) is 0.636. The predicted octanol–water partition coefficient (Wildman–Crippen LogP) is 1.28. The average Bonchev–Trinajstić information content (AvgIpc) is 2.43. The summed E-state index contributed by atoms with van der Waals surface area (Å²) in [5, 5.41) is 2.75. The van der Waals surface area contributed by atoms with Gasteiger partial charge in [0.2, 0.25) is 16.0 Å². The molecular weight excluding hydrogens is 284 g/mol. The van der Waals surface area contributed by atoms with E-state index in [4.69, 9.17) is 0 Å². The quantitative estimate of drug-likeness (QED) is 0.818. The molecule has 0 radical (unpaired) electrons. The summed E-state index contributed by atoms with van der Waals surface area (Å²) in [7, 11) is -0.252. The van der Waals surface area contributed by atoms with Crippen molar-refractivity contribution < 1.29 is 8.42 Å². The lowest BCUT2D eigenvalue weighted by atomic mass is 10.3. The van der Waals surface area contributed by atoms with Crippen molar-refractivity contribution in [3.8, 4) is 0 Å². The van der Waals surface area contributed by atoms with Gasteiger partial charge >= 0.3 is 0 Å². The summed E-state index contributed by atoms with van der Waals surface area (Å²) in [6, 6.07) is -0.0542. The van der Waals surface area contributed by atoms with E-state index in [1.807, 2.05) is 13.2 Å². The number of hydrogen-bond donors (Lipinski definition) is 1. The van der Waals surface area contributed by atoms with Gasteiger partial charge in [0.25, 0.3) is 0 Å². The first-order chi connectivity index (χ1) is 8.93. The Morgan fingerprint density at radius 1 is 1.42 bits per heavy atom. The number of nitrogens with one attached hydrogen (secondary N) is 1. The van der Waals surface area contributed by atoms with Crippen LogP contribution in [-0.4, -0.2) is 54.8 Å². The van der Waals surface area contributed by atoms with E-state index in [-0.39, 0.29) is 10.9 Å². The highest BCUT2D eigenvalue weighted by atomic mass is 32.2. The Hall–Kier alpha value is -0.860. The molecule has 1 unspecified atom stereocenters. The van der Waals surface area contributed by atoms with E-state index in [9.17, 15) is 8.42 Å². The van der Waals surface area contributed by atoms with E-state index in [0.29, 0.717) is 5.95 Å². The van der Waals surface area contributed by atoms with Crippen molar-refractivity contribution in [3.05, 3.63) is 12.4 Å². The minimum Gasteiger partial charge on any atom is -0.357 e. The maximum Gasteiger partial charge on any atom is 0.246 e. The van der Waals surface area contributed by atoms with Crippen LogP contribution in [0, 0.1) is 0 Å². The van der Waals surface area contributed by atoms with Gasteiger partial charge in [0.15, 0.2) is 0 Å². The standard InChI is InChI=1S/C11H20N4O2S2/c1-9(5-6-18-4)15(3)19(16,17)10-7-13-11(12-2)14-8-10/h7-9H,5-6H2,1-4H3,(H,12,13,14). The van der Waals surface area contributed by atoms with Gasteiger partial charge in [-0.15, -0.1) is 0 Å². The van der Waals surface area contributed by atoms with E-state index in [0.717, 1.165) is 12.2 Å². The van der Waals surface area contributed by atoms with Crippen LogP contribution in [0.2, 0.25) is 0 Å². The molecule has 108 valence electrons. The minimum atomic E-state index is -3.52. The molecule has 1 rings (SSSR count). The molecule has 0 aromatic carbocycles. The molecule has 0 aliphatic rings. The van der Waals surface area contributed by atoms with Gasteiger partial charge in [-0.1, -0.05) is 0 Å². The van der Waals surface area contributed by atoms with Crippen molar-refractivity contribution in [1.82, 2.24) is 14.3 Å². The van der Waals surface area contributed by atoms with Gasteiger partial charge in [0, 0.05) is 20.1 Å². The number of rotatable bonds is 7. The normalized spacial score (nSPS) is 13.5. The topological polar surface area (TPSA) is 75.2 Å². The van der Waals surface area contributed by atoms with Gasteiger partial charge in [-0.3, -0.25) is 0 Å². The van der Waals surface area contributed by atoms with Crippen molar-refractivity contribution >= 4 is 27.7 Å². The Bertz CT molecular complexity index is 490. The van der Waals surface area contributed by atoms with Crippen LogP contribution in [0.15, 0.2) is 17.3 Å². The summed E-state index contributed by atoms with van der Waals surface area (Å²) >= 11 is 1.70. The molecule has 0 fully saturated rings. The van der Waals surface area contributed by atoms with E-state index in [1.165, 1.54) is 16.7 Å². The van der Waals surface area contributed by atoms with Gasteiger partial charge < -0.3 is 5.32 Å². The van der Waals surface area contributed by atoms with Crippen molar-refractivity contribution in [2.24, 2.45) is 0 Å². The van der Waals surface area contributed by atoms with Crippen molar-refractivity contribution in [2.45, 2.75) is 24.3 Å². The predicted molar refractivity (Wildman–Crippen MR) is 79.0 cm³/mol. The number of aromatic nitrogens is 2. The Morgan fingerprint density at radius 3 is 2.47 bits per heavy atom. The van der Waals surface area contributed by atoms with Crippen LogP contribution in [0.5, 0.6) is 0 Å². The highest BCUT2D eigenvalue weighted by molar-refractivity contribution is 7.98. The molecule has 1 N–H and O–H groups in total. The second-order valence-electron chi connectivity index (χ2n) is 4.14. The number of sulfonamides is 1. The summed E-state index contributed by atoms with van der Waals surface area (Å²) in [4.78, 5) is 7.99. The Labute approximate surface area is 119 Å². The number of thioether (sulfide) groups is 1. The maximum atomic E-state index is 12.4. The molecular formula is C11H20N4O2S2. The lowest BCUT2D eigenvalue weighted by Crippen LogP contribution is -2.35. The molecule has 0 amide bonds. The second-order valence-corrected chi connectivity index (χ2v) is 7.13. The number of hydrogen-bond acceptors (Lipinski definition) is 6. The second kappa shape index (κ2) is 7.06. The molecule has 1 aromatic heterocycles. The molecule has 6 nitrogen and oxygen atoms in total.